The Balaban J connectivity index is 1.92. The van der Waals surface area contributed by atoms with Crippen molar-refractivity contribution < 1.29 is 9.47 Å². The number of anilines is 1. The molecule has 27 heavy (non-hydrogen) atoms. The topological polar surface area (TPSA) is 74.7 Å². The number of aromatic nitrogens is 3. The number of nitrogen functional groups attached to an aromatic ring is 1. The van der Waals surface area contributed by atoms with Crippen molar-refractivity contribution in [1.82, 2.24) is 14.6 Å². The van der Waals surface area contributed by atoms with Crippen LogP contribution in [0.1, 0.15) is 5.69 Å². The minimum atomic E-state index is 0.366. The quantitative estimate of drug-likeness (QED) is 0.586. The minimum Gasteiger partial charge on any atom is -0.497 e. The molecule has 4 aromatic rings. The third-order valence-electron chi connectivity index (χ3n) is 4.50. The molecule has 6 nitrogen and oxygen atoms in total. The van der Waals surface area contributed by atoms with Gasteiger partial charge in [0.25, 0.3) is 0 Å². The van der Waals surface area contributed by atoms with Gasteiger partial charge in [0.2, 0.25) is 0 Å². The smallest absolute Gasteiger partial charge is 0.165 e. The molecular weight excluding hydrogens is 340 g/mol. The number of nitrogens with zero attached hydrogens (tertiary/aromatic N) is 3. The van der Waals surface area contributed by atoms with E-state index in [1.54, 1.807) is 24.9 Å². The number of benzene rings is 2. The van der Waals surface area contributed by atoms with Crippen LogP contribution in [0.4, 0.5) is 5.82 Å². The Bertz CT molecular complexity index is 1070. The van der Waals surface area contributed by atoms with Crippen LogP contribution >= 0.6 is 0 Å². The van der Waals surface area contributed by atoms with Crippen molar-refractivity contribution in [3.05, 3.63) is 66.5 Å². The highest BCUT2D eigenvalue weighted by Crippen LogP contribution is 2.33. The van der Waals surface area contributed by atoms with Crippen molar-refractivity contribution in [2.75, 3.05) is 20.0 Å². The predicted molar refractivity (Wildman–Crippen MR) is 106 cm³/mol. The third kappa shape index (κ3) is 3.00. The number of methoxy groups -OCH3 is 2. The van der Waals surface area contributed by atoms with Crippen LogP contribution in [-0.4, -0.2) is 28.8 Å². The van der Waals surface area contributed by atoms with E-state index in [4.69, 9.17) is 15.2 Å². The average Bonchev–Trinajstić information content (AvgIpc) is 3.08. The normalized spacial score (nSPS) is 11.0. The maximum absolute atomic E-state index is 6.45. The standard InChI is InChI=1S/C21H20N4O2/c1-26-13-18-19(15-8-10-16(27-2)11-9-15)21-23-12-17(20(22)25(21)24-18)14-6-4-3-5-7-14/h3-12H,13,22H2,1-2H3. The van der Waals surface area contributed by atoms with Gasteiger partial charge in [-0.2, -0.15) is 9.61 Å². The average molecular weight is 360 g/mol. The lowest BCUT2D eigenvalue weighted by Gasteiger charge is -2.08. The highest BCUT2D eigenvalue weighted by atomic mass is 16.5. The van der Waals surface area contributed by atoms with Gasteiger partial charge in [-0.3, -0.25) is 0 Å². The largest absolute Gasteiger partial charge is 0.497 e. The first-order valence-corrected chi connectivity index (χ1v) is 8.57. The van der Waals surface area contributed by atoms with Gasteiger partial charge in [-0.05, 0) is 23.3 Å². The van der Waals surface area contributed by atoms with Crippen LogP contribution in [0.15, 0.2) is 60.8 Å². The van der Waals surface area contributed by atoms with Crippen LogP contribution in [0.25, 0.3) is 27.9 Å². The molecule has 2 heterocycles. The van der Waals surface area contributed by atoms with Crippen molar-refractivity contribution in [1.29, 1.82) is 0 Å². The highest BCUT2D eigenvalue weighted by molar-refractivity contribution is 5.84. The van der Waals surface area contributed by atoms with Crippen molar-refractivity contribution in [3.63, 3.8) is 0 Å². The predicted octanol–water partition coefficient (Wildman–Crippen LogP) is 3.80. The monoisotopic (exact) mass is 360 g/mol. The first-order valence-electron chi connectivity index (χ1n) is 8.57. The SMILES string of the molecule is COCc1nn2c(N)c(-c3ccccc3)cnc2c1-c1ccc(OC)cc1. The summed E-state index contributed by atoms with van der Waals surface area (Å²) in [6.07, 6.45) is 1.80. The Morgan fingerprint density at radius 3 is 2.37 bits per heavy atom. The summed E-state index contributed by atoms with van der Waals surface area (Å²) in [6.45, 7) is 0.366. The zero-order valence-electron chi connectivity index (χ0n) is 15.2. The fourth-order valence-electron chi connectivity index (χ4n) is 3.18. The molecule has 0 fully saturated rings. The zero-order chi connectivity index (χ0) is 18.8. The second-order valence-corrected chi connectivity index (χ2v) is 6.14. The van der Waals surface area contributed by atoms with E-state index in [9.17, 15) is 0 Å². The number of rotatable bonds is 5. The Morgan fingerprint density at radius 1 is 0.963 bits per heavy atom. The summed E-state index contributed by atoms with van der Waals surface area (Å²) in [4.78, 5) is 4.67. The molecule has 0 saturated carbocycles. The molecule has 6 heteroatoms. The molecule has 0 radical (unpaired) electrons. The van der Waals surface area contributed by atoms with E-state index in [-0.39, 0.29) is 0 Å². The van der Waals surface area contributed by atoms with Crippen molar-refractivity contribution in [2.45, 2.75) is 6.61 Å². The molecule has 136 valence electrons. The lowest BCUT2D eigenvalue weighted by Crippen LogP contribution is -2.03. The Kier molecular flexibility index (Phi) is 4.48. The zero-order valence-corrected chi connectivity index (χ0v) is 15.2. The van der Waals surface area contributed by atoms with Gasteiger partial charge >= 0.3 is 0 Å². The van der Waals surface area contributed by atoms with Gasteiger partial charge in [0.15, 0.2) is 5.65 Å². The van der Waals surface area contributed by atoms with Crippen LogP contribution < -0.4 is 10.5 Å². The summed E-state index contributed by atoms with van der Waals surface area (Å²) in [5.74, 6) is 1.34. The Labute approximate surface area is 157 Å². The molecule has 0 amide bonds. The van der Waals surface area contributed by atoms with Crippen molar-refractivity contribution >= 4 is 11.5 Å². The molecule has 0 unspecified atom stereocenters. The van der Waals surface area contributed by atoms with E-state index in [1.807, 2.05) is 54.6 Å². The second-order valence-electron chi connectivity index (χ2n) is 6.14. The van der Waals surface area contributed by atoms with Crippen LogP contribution in [0.2, 0.25) is 0 Å². The van der Waals surface area contributed by atoms with Gasteiger partial charge in [-0.1, -0.05) is 42.5 Å². The fraction of sp³-hybridized carbons (Fsp3) is 0.143. The van der Waals surface area contributed by atoms with E-state index < -0.39 is 0 Å². The summed E-state index contributed by atoms with van der Waals surface area (Å²) in [5, 5.41) is 4.68. The van der Waals surface area contributed by atoms with E-state index in [0.29, 0.717) is 18.1 Å². The Morgan fingerprint density at radius 2 is 1.70 bits per heavy atom. The lowest BCUT2D eigenvalue weighted by molar-refractivity contribution is 0.181. The van der Waals surface area contributed by atoms with E-state index in [0.717, 1.165) is 33.7 Å². The van der Waals surface area contributed by atoms with Gasteiger partial charge in [0, 0.05) is 18.9 Å². The summed E-state index contributed by atoms with van der Waals surface area (Å²) < 4.78 is 12.3. The number of hydrogen-bond donors (Lipinski definition) is 1. The molecule has 0 atom stereocenters. The van der Waals surface area contributed by atoms with Crippen molar-refractivity contribution in [2.24, 2.45) is 0 Å². The molecule has 0 aliphatic carbocycles. The molecule has 2 N–H and O–H groups in total. The van der Waals surface area contributed by atoms with E-state index in [1.165, 1.54) is 0 Å². The highest BCUT2D eigenvalue weighted by Gasteiger charge is 2.19. The maximum atomic E-state index is 6.45. The third-order valence-corrected chi connectivity index (χ3v) is 4.50. The van der Waals surface area contributed by atoms with Gasteiger partial charge in [0.1, 0.15) is 11.6 Å². The van der Waals surface area contributed by atoms with E-state index >= 15 is 0 Å². The first kappa shape index (κ1) is 17.1. The lowest BCUT2D eigenvalue weighted by atomic mass is 10.1. The summed E-state index contributed by atoms with van der Waals surface area (Å²) in [7, 11) is 3.29. The summed E-state index contributed by atoms with van der Waals surface area (Å²) in [5.41, 5.74) is 11.7. The van der Waals surface area contributed by atoms with Crippen molar-refractivity contribution in [3.8, 4) is 28.0 Å². The van der Waals surface area contributed by atoms with Gasteiger partial charge in [-0.25, -0.2) is 4.98 Å². The first-order chi connectivity index (χ1) is 13.2. The molecule has 0 spiro atoms. The molecule has 0 aliphatic rings. The van der Waals surface area contributed by atoms with Crippen LogP contribution in [0.3, 0.4) is 0 Å². The summed E-state index contributed by atoms with van der Waals surface area (Å²) in [6, 6.07) is 17.7. The van der Waals surface area contributed by atoms with Crippen LogP contribution in [0.5, 0.6) is 5.75 Å². The van der Waals surface area contributed by atoms with Crippen LogP contribution in [0, 0.1) is 0 Å². The minimum absolute atomic E-state index is 0.366. The number of hydrogen-bond acceptors (Lipinski definition) is 5. The van der Waals surface area contributed by atoms with Gasteiger partial charge in [-0.15, -0.1) is 0 Å². The molecule has 0 saturated heterocycles. The maximum Gasteiger partial charge on any atom is 0.165 e. The fourth-order valence-corrected chi connectivity index (χ4v) is 3.18. The molecule has 4 rings (SSSR count). The summed E-state index contributed by atoms with van der Waals surface area (Å²) >= 11 is 0. The van der Waals surface area contributed by atoms with Crippen LogP contribution in [-0.2, 0) is 11.3 Å². The van der Waals surface area contributed by atoms with E-state index in [2.05, 4.69) is 10.1 Å². The molecule has 0 bridgehead atoms. The number of fused-ring (bicyclic) bond motifs is 1. The molecule has 0 aliphatic heterocycles. The molecular formula is C21H20N4O2. The molecule has 2 aromatic heterocycles. The number of nitrogens with two attached hydrogens (primary N) is 1. The van der Waals surface area contributed by atoms with Gasteiger partial charge < -0.3 is 15.2 Å². The van der Waals surface area contributed by atoms with Gasteiger partial charge in [0.05, 0.1) is 25.0 Å². The number of ether oxygens (including phenoxy) is 2. The molecule has 2 aromatic carbocycles. The Hall–Kier alpha value is -3.38. The second kappa shape index (κ2) is 7.09.